The number of nitrogens with one attached hydrogen (secondary N) is 1. The van der Waals surface area contributed by atoms with Gasteiger partial charge in [-0.15, -0.1) is 0 Å². The van der Waals surface area contributed by atoms with Gasteiger partial charge in [-0.05, 0) is 53.9 Å². The van der Waals surface area contributed by atoms with Gasteiger partial charge in [0.1, 0.15) is 12.1 Å². The van der Waals surface area contributed by atoms with Crippen LogP contribution >= 0.6 is 0 Å². The molecule has 1 heterocycles. The first-order valence-electron chi connectivity index (χ1n) is 11.6. The lowest BCUT2D eigenvalue weighted by molar-refractivity contribution is -0.154. The van der Waals surface area contributed by atoms with E-state index in [9.17, 15) is 19.5 Å². The third kappa shape index (κ3) is 3.75. The molecule has 2 N–H and O–H groups in total. The van der Waals surface area contributed by atoms with Gasteiger partial charge in [0.15, 0.2) is 0 Å². The smallest absolute Gasteiger partial charge is 0.407 e. The fraction of sp³-hybridized carbons (Fsp3) is 0.423. The number of hydrogen-bond donors (Lipinski definition) is 2. The maximum absolute atomic E-state index is 12.6. The number of carboxylic acid groups (broad SMARTS) is 1. The van der Waals surface area contributed by atoms with Gasteiger partial charge in [-0.25, -0.2) is 9.59 Å². The monoisotopic (exact) mass is 448 g/mol. The molecular formula is C26H28N2O5. The van der Waals surface area contributed by atoms with Crippen molar-refractivity contribution in [2.75, 3.05) is 19.7 Å². The molecular weight excluding hydrogens is 420 g/mol. The van der Waals surface area contributed by atoms with E-state index in [1.807, 2.05) is 24.3 Å². The minimum Gasteiger partial charge on any atom is -0.479 e. The van der Waals surface area contributed by atoms with Crippen molar-refractivity contribution >= 4 is 18.0 Å². The van der Waals surface area contributed by atoms with Crippen molar-refractivity contribution in [3.05, 3.63) is 59.7 Å². The number of benzene rings is 2. The number of alkyl carbamates (subject to hydrolysis) is 1. The number of nitrogens with zero attached hydrogens (tertiary/aromatic N) is 1. The zero-order valence-corrected chi connectivity index (χ0v) is 18.5. The fourth-order valence-electron chi connectivity index (χ4n) is 5.62. The third-order valence-electron chi connectivity index (χ3n) is 7.34. The standard InChI is InChI=1S/C26H28N2O5/c29-23(28-14-6-7-17-15-26(17,28)24(30)31)12-5-13-27-25(32)33-16-22-20-10-3-1-8-18(20)19-9-2-4-11-21(19)22/h1-4,8-11,17,22H,5-7,12-16H2,(H,27,32)(H,30,31)/t17-,26+/m1/s1. The number of amides is 2. The summed E-state index contributed by atoms with van der Waals surface area (Å²) in [6, 6.07) is 16.3. The van der Waals surface area contributed by atoms with Crippen LogP contribution in [0.3, 0.4) is 0 Å². The molecule has 172 valence electrons. The normalized spacial score (nSPS) is 22.7. The van der Waals surface area contributed by atoms with Gasteiger partial charge in [-0.1, -0.05) is 48.5 Å². The van der Waals surface area contributed by atoms with Crippen molar-refractivity contribution < 1.29 is 24.2 Å². The SMILES string of the molecule is O=C(NCCCC(=O)N1CCC[C@@H]2C[C@@]21C(=O)O)OCC1c2ccccc2-c2ccccc21. The Balaban J connectivity index is 1.09. The van der Waals surface area contributed by atoms with Crippen molar-refractivity contribution in [1.82, 2.24) is 10.2 Å². The molecule has 0 radical (unpaired) electrons. The molecule has 2 aliphatic carbocycles. The van der Waals surface area contributed by atoms with E-state index in [0.717, 1.165) is 24.0 Å². The van der Waals surface area contributed by atoms with E-state index in [2.05, 4.69) is 29.6 Å². The van der Waals surface area contributed by atoms with Gasteiger partial charge in [-0.3, -0.25) is 4.79 Å². The Labute approximate surface area is 192 Å². The van der Waals surface area contributed by atoms with Crippen LogP contribution in [0.4, 0.5) is 4.79 Å². The number of carbonyl (C=O) groups excluding carboxylic acids is 2. The predicted octanol–water partition coefficient (Wildman–Crippen LogP) is 3.77. The van der Waals surface area contributed by atoms with Crippen molar-refractivity contribution in [3.8, 4) is 11.1 Å². The summed E-state index contributed by atoms with van der Waals surface area (Å²) < 4.78 is 5.51. The number of ether oxygens (including phenoxy) is 1. The van der Waals surface area contributed by atoms with Crippen LogP contribution in [-0.2, 0) is 14.3 Å². The van der Waals surface area contributed by atoms with Gasteiger partial charge < -0.3 is 20.1 Å². The molecule has 1 saturated heterocycles. The van der Waals surface area contributed by atoms with E-state index in [1.165, 1.54) is 11.1 Å². The van der Waals surface area contributed by atoms with Gasteiger partial charge in [0, 0.05) is 25.4 Å². The van der Waals surface area contributed by atoms with Crippen LogP contribution in [0.15, 0.2) is 48.5 Å². The van der Waals surface area contributed by atoms with E-state index in [4.69, 9.17) is 4.74 Å². The Hall–Kier alpha value is -3.35. The first-order valence-corrected chi connectivity index (χ1v) is 11.6. The van der Waals surface area contributed by atoms with Crippen LogP contribution in [0.1, 0.15) is 49.1 Å². The molecule has 0 aromatic heterocycles. The number of likely N-dealkylation sites (tertiary alicyclic amines) is 1. The van der Waals surface area contributed by atoms with Crippen LogP contribution in [0.2, 0.25) is 0 Å². The second kappa shape index (κ2) is 8.54. The lowest BCUT2D eigenvalue weighted by Gasteiger charge is -2.33. The van der Waals surface area contributed by atoms with Gasteiger partial charge >= 0.3 is 12.1 Å². The number of hydrogen-bond acceptors (Lipinski definition) is 4. The molecule has 7 nitrogen and oxygen atoms in total. The van der Waals surface area contributed by atoms with Gasteiger partial charge in [0.05, 0.1) is 0 Å². The Morgan fingerprint density at radius 3 is 2.39 bits per heavy atom. The van der Waals surface area contributed by atoms with Crippen LogP contribution in [0, 0.1) is 5.92 Å². The summed E-state index contributed by atoms with van der Waals surface area (Å²) in [5.41, 5.74) is 3.69. The highest BCUT2D eigenvalue weighted by Crippen LogP contribution is 2.54. The molecule has 1 saturated carbocycles. The summed E-state index contributed by atoms with van der Waals surface area (Å²) in [5.74, 6) is -0.944. The highest BCUT2D eigenvalue weighted by Gasteiger charge is 2.66. The highest BCUT2D eigenvalue weighted by atomic mass is 16.5. The minimum atomic E-state index is -0.977. The summed E-state index contributed by atoms with van der Waals surface area (Å²) in [5, 5.41) is 12.3. The maximum Gasteiger partial charge on any atom is 0.407 e. The molecule has 7 heteroatoms. The van der Waals surface area contributed by atoms with Crippen molar-refractivity contribution in [2.45, 2.75) is 43.6 Å². The topological polar surface area (TPSA) is 95.9 Å². The molecule has 33 heavy (non-hydrogen) atoms. The molecule has 0 bridgehead atoms. The molecule has 5 rings (SSSR count). The minimum absolute atomic E-state index is 0.00234. The van der Waals surface area contributed by atoms with Crippen molar-refractivity contribution in [2.24, 2.45) is 5.92 Å². The average Bonchev–Trinajstić information content (AvgIpc) is 3.51. The van der Waals surface area contributed by atoms with Crippen LogP contribution in [-0.4, -0.2) is 53.2 Å². The fourth-order valence-corrected chi connectivity index (χ4v) is 5.62. The second-order valence-corrected chi connectivity index (χ2v) is 9.17. The number of piperidine rings is 1. The lowest BCUT2D eigenvalue weighted by Crippen LogP contribution is -2.51. The number of fused-ring (bicyclic) bond motifs is 4. The summed E-state index contributed by atoms with van der Waals surface area (Å²) in [6.07, 6.45) is 2.44. The summed E-state index contributed by atoms with van der Waals surface area (Å²) >= 11 is 0. The van der Waals surface area contributed by atoms with Gasteiger partial charge in [0.25, 0.3) is 0 Å². The maximum atomic E-state index is 12.6. The van der Waals surface area contributed by atoms with Gasteiger partial charge in [-0.2, -0.15) is 0 Å². The molecule has 2 atom stereocenters. The van der Waals surface area contributed by atoms with Crippen molar-refractivity contribution in [1.29, 1.82) is 0 Å². The quantitative estimate of drug-likeness (QED) is 0.629. The van der Waals surface area contributed by atoms with Crippen LogP contribution < -0.4 is 5.32 Å². The molecule has 2 aromatic rings. The molecule has 0 spiro atoms. The van der Waals surface area contributed by atoms with E-state index in [0.29, 0.717) is 25.9 Å². The van der Waals surface area contributed by atoms with Gasteiger partial charge in [0.2, 0.25) is 5.91 Å². The third-order valence-corrected chi connectivity index (χ3v) is 7.34. The van der Waals surface area contributed by atoms with E-state index in [-0.39, 0.29) is 30.8 Å². The molecule has 3 aliphatic rings. The Kier molecular flexibility index (Phi) is 5.56. The van der Waals surface area contributed by atoms with E-state index < -0.39 is 17.6 Å². The Bertz CT molecular complexity index is 1050. The summed E-state index contributed by atoms with van der Waals surface area (Å²) in [4.78, 5) is 38.2. The van der Waals surface area contributed by atoms with Crippen LogP contribution in [0.25, 0.3) is 11.1 Å². The largest absolute Gasteiger partial charge is 0.479 e. The molecule has 2 amide bonds. The molecule has 0 unspecified atom stereocenters. The zero-order chi connectivity index (χ0) is 23.0. The number of rotatable bonds is 7. The van der Waals surface area contributed by atoms with Crippen molar-refractivity contribution in [3.63, 3.8) is 0 Å². The zero-order valence-electron chi connectivity index (χ0n) is 18.5. The lowest BCUT2D eigenvalue weighted by atomic mass is 9.98. The predicted molar refractivity (Wildman–Crippen MR) is 122 cm³/mol. The summed E-state index contributed by atoms with van der Waals surface area (Å²) in [6.45, 7) is 1.05. The molecule has 2 aromatic carbocycles. The Morgan fingerprint density at radius 2 is 1.73 bits per heavy atom. The number of carbonyl (C=O) groups is 3. The highest BCUT2D eigenvalue weighted by molar-refractivity contribution is 5.90. The molecule has 2 fully saturated rings. The van der Waals surface area contributed by atoms with E-state index in [1.54, 1.807) is 4.90 Å². The summed E-state index contributed by atoms with van der Waals surface area (Å²) in [7, 11) is 0. The molecule has 1 aliphatic heterocycles. The number of carboxylic acids is 1. The average molecular weight is 449 g/mol. The van der Waals surface area contributed by atoms with E-state index >= 15 is 0 Å². The second-order valence-electron chi connectivity index (χ2n) is 9.17. The first kappa shape index (κ1) is 21.5. The van der Waals surface area contributed by atoms with Crippen LogP contribution in [0.5, 0.6) is 0 Å². The Morgan fingerprint density at radius 1 is 1.06 bits per heavy atom. The first-order chi connectivity index (χ1) is 16.0. The number of aliphatic carboxylic acids is 1.